The van der Waals surface area contributed by atoms with Gasteiger partial charge >= 0.3 is 0 Å². The monoisotopic (exact) mass is 296 g/mol. The third-order valence-corrected chi connectivity index (χ3v) is 4.99. The highest BCUT2D eigenvalue weighted by Crippen LogP contribution is 2.33. The van der Waals surface area contributed by atoms with Crippen LogP contribution in [-0.4, -0.2) is 4.98 Å². The van der Waals surface area contributed by atoms with Crippen LogP contribution in [0.4, 0.5) is 4.39 Å². The molecule has 100 valence electrons. The molecule has 19 heavy (non-hydrogen) atoms. The SMILES string of the molecule is NC(c1nc2c(s1)CCCC2)c1ccc(F)cc1Cl. The summed E-state index contributed by atoms with van der Waals surface area (Å²) in [6.07, 6.45) is 4.55. The van der Waals surface area contributed by atoms with Crippen LogP contribution in [-0.2, 0) is 12.8 Å². The summed E-state index contributed by atoms with van der Waals surface area (Å²) in [6, 6.07) is 3.95. The third-order valence-electron chi connectivity index (χ3n) is 3.43. The van der Waals surface area contributed by atoms with Crippen molar-refractivity contribution in [3.63, 3.8) is 0 Å². The van der Waals surface area contributed by atoms with Gasteiger partial charge in [0.05, 0.1) is 11.7 Å². The van der Waals surface area contributed by atoms with Gasteiger partial charge in [-0.1, -0.05) is 17.7 Å². The number of benzene rings is 1. The summed E-state index contributed by atoms with van der Waals surface area (Å²) in [5.74, 6) is -0.348. The van der Waals surface area contributed by atoms with Crippen molar-refractivity contribution >= 4 is 22.9 Å². The number of aryl methyl sites for hydroxylation is 2. The number of aromatic nitrogens is 1. The van der Waals surface area contributed by atoms with Crippen molar-refractivity contribution in [2.75, 3.05) is 0 Å². The van der Waals surface area contributed by atoms with Gasteiger partial charge in [0.25, 0.3) is 0 Å². The van der Waals surface area contributed by atoms with Crippen molar-refractivity contribution in [2.24, 2.45) is 5.73 Å². The molecule has 5 heteroatoms. The minimum Gasteiger partial charge on any atom is -0.318 e. The Morgan fingerprint density at radius 1 is 1.32 bits per heavy atom. The van der Waals surface area contributed by atoms with Gasteiger partial charge in [0, 0.05) is 9.90 Å². The van der Waals surface area contributed by atoms with Crippen LogP contribution < -0.4 is 5.73 Å². The molecule has 0 radical (unpaired) electrons. The molecule has 1 aromatic heterocycles. The predicted molar refractivity (Wildman–Crippen MR) is 76.2 cm³/mol. The van der Waals surface area contributed by atoms with Gasteiger partial charge < -0.3 is 5.73 Å². The van der Waals surface area contributed by atoms with Crippen LogP contribution in [0.25, 0.3) is 0 Å². The summed E-state index contributed by atoms with van der Waals surface area (Å²) in [5, 5.41) is 1.24. The molecule has 1 unspecified atom stereocenters. The summed E-state index contributed by atoms with van der Waals surface area (Å²) >= 11 is 7.72. The van der Waals surface area contributed by atoms with E-state index in [4.69, 9.17) is 17.3 Å². The Hall–Kier alpha value is -0.970. The van der Waals surface area contributed by atoms with Crippen molar-refractivity contribution < 1.29 is 4.39 Å². The summed E-state index contributed by atoms with van der Waals surface area (Å²) in [4.78, 5) is 5.97. The molecule has 2 aromatic rings. The average molecular weight is 297 g/mol. The molecule has 1 atom stereocenters. The highest BCUT2D eigenvalue weighted by Gasteiger charge is 2.21. The summed E-state index contributed by atoms with van der Waals surface area (Å²) in [6.45, 7) is 0. The van der Waals surface area contributed by atoms with Crippen molar-refractivity contribution in [3.8, 4) is 0 Å². The number of hydrogen-bond acceptors (Lipinski definition) is 3. The number of thiazole rings is 1. The fourth-order valence-electron chi connectivity index (χ4n) is 2.39. The van der Waals surface area contributed by atoms with Crippen LogP contribution in [0.3, 0.4) is 0 Å². The first-order valence-corrected chi connectivity index (χ1v) is 7.53. The second-order valence-electron chi connectivity index (χ2n) is 4.77. The summed E-state index contributed by atoms with van der Waals surface area (Å²) in [7, 11) is 0. The van der Waals surface area contributed by atoms with Gasteiger partial charge in [0.1, 0.15) is 10.8 Å². The quantitative estimate of drug-likeness (QED) is 0.914. The topological polar surface area (TPSA) is 38.9 Å². The lowest BCUT2D eigenvalue weighted by Crippen LogP contribution is -2.12. The maximum atomic E-state index is 13.1. The number of nitrogens with zero attached hydrogens (tertiary/aromatic N) is 1. The Labute approximate surface area is 120 Å². The van der Waals surface area contributed by atoms with Gasteiger partial charge in [-0.05, 0) is 43.4 Å². The zero-order chi connectivity index (χ0) is 13.4. The molecule has 0 bridgehead atoms. The van der Waals surface area contributed by atoms with Crippen molar-refractivity contribution in [3.05, 3.63) is 50.2 Å². The van der Waals surface area contributed by atoms with Crippen LogP contribution in [0, 0.1) is 5.82 Å². The lowest BCUT2D eigenvalue weighted by Gasteiger charge is -2.10. The van der Waals surface area contributed by atoms with E-state index in [2.05, 4.69) is 4.98 Å². The summed E-state index contributed by atoms with van der Waals surface area (Å²) in [5.41, 5.74) is 8.13. The van der Waals surface area contributed by atoms with E-state index in [1.54, 1.807) is 17.4 Å². The molecule has 0 aliphatic heterocycles. The van der Waals surface area contributed by atoms with Gasteiger partial charge in [0.15, 0.2) is 0 Å². The lowest BCUT2D eigenvalue weighted by molar-refractivity contribution is 0.626. The number of rotatable bonds is 2. The molecule has 1 heterocycles. The molecular weight excluding hydrogens is 283 g/mol. The number of fused-ring (bicyclic) bond motifs is 1. The molecule has 1 aliphatic carbocycles. The molecule has 0 amide bonds. The fraction of sp³-hybridized carbons (Fsp3) is 0.357. The zero-order valence-corrected chi connectivity index (χ0v) is 11.9. The van der Waals surface area contributed by atoms with Crippen LogP contribution >= 0.6 is 22.9 Å². The molecule has 2 nitrogen and oxygen atoms in total. The van der Waals surface area contributed by atoms with Crippen LogP contribution in [0.1, 0.15) is 40.0 Å². The van der Waals surface area contributed by atoms with Gasteiger partial charge in [-0.15, -0.1) is 11.3 Å². The van der Waals surface area contributed by atoms with Crippen molar-refractivity contribution in [2.45, 2.75) is 31.7 Å². The Kier molecular flexibility index (Phi) is 3.56. The fourth-order valence-corrected chi connectivity index (χ4v) is 3.85. The van der Waals surface area contributed by atoms with Crippen molar-refractivity contribution in [1.82, 2.24) is 4.98 Å². The predicted octanol–water partition coefficient (Wildman–Crippen LogP) is 3.86. The first-order chi connectivity index (χ1) is 9.15. The van der Waals surface area contributed by atoms with E-state index >= 15 is 0 Å². The van der Waals surface area contributed by atoms with Gasteiger partial charge in [-0.25, -0.2) is 9.37 Å². The number of nitrogens with two attached hydrogens (primary N) is 1. The van der Waals surface area contributed by atoms with E-state index in [0.717, 1.165) is 23.4 Å². The molecule has 0 spiro atoms. The highest BCUT2D eigenvalue weighted by atomic mass is 35.5. The van der Waals surface area contributed by atoms with E-state index in [0.29, 0.717) is 5.02 Å². The second kappa shape index (κ2) is 5.19. The minimum absolute atomic E-state index is 0.348. The average Bonchev–Trinajstić information content (AvgIpc) is 2.81. The largest absolute Gasteiger partial charge is 0.318 e. The minimum atomic E-state index is -0.372. The van der Waals surface area contributed by atoms with E-state index in [1.807, 2.05) is 0 Å². The number of hydrogen-bond donors (Lipinski definition) is 1. The van der Waals surface area contributed by atoms with Crippen molar-refractivity contribution in [1.29, 1.82) is 0 Å². The second-order valence-corrected chi connectivity index (χ2v) is 6.29. The van der Waals surface area contributed by atoms with E-state index in [-0.39, 0.29) is 11.9 Å². The first kappa shape index (κ1) is 13.0. The summed E-state index contributed by atoms with van der Waals surface area (Å²) < 4.78 is 13.1. The standard InChI is InChI=1S/C14H14ClFN2S/c15-10-7-8(16)5-6-9(10)13(17)14-18-11-3-1-2-4-12(11)19-14/h5-7,13H,1-4,17H2. The van der Waals surface area contributed by atoms with Crippen LogP contribution in [0.5, 0.6) is 0 Å². The molecule has 2 N–H and O–H groups in total. The van der Waals surface area contributed by atoms with E-state index < -0.39 is 0 Å². The molecule has 0 fully saturated rings. The molecule has 3 rings (SSSR count). The Bertz CT molecular complexity index is 588. The van der Waals surface area contributed by atoms with E-state index in [1.165, 1.54) is 35.5 Å². The maximum Gasteiger partial charge on any atom is 0.124 e. The highest BCUT2D eigenvalue weighted by molar-refractivity contribution is 7.11. The van der Waals surface area contributed by atoms with Gasteiger partial charge in [-0.2, -0.15) is 0 Å². The van der Waals surface area contributed by atoms with Crippen LogP contribution in [0.2, 0.25) is 5.02 Å². The molecule has 1 aromatic carbocycles. The zero-order valence-electron chi connectivity index (χ0n) is 10.3. The van der Waals surface area contributed by atoms with Crippen LogP contribution in [0.15, 0.2) is 18.2 Å². The Morgan fingerprint density at radius 2 is 2.11 bits per heavy atom. The maximum absolute atomic E-state index is 13.1. The first-order valence-electron chi connectivity index (χ1n) is 6.34. The Balaban J connectivity index is 1.94. The van der Waals surface area contributed by atoms with Gasteiger partial charge in [-0.3, -0.25) is 0 Å². The van der Waals surface area contributed by atoms with E-state index in [9.17, 15) is 4.39 Å². The third kappa shape index (κ3) is 2.53. The molecule has 0 saturated carbocycles. The molecular formula is C14H14ClFN2S. The lowest BCUT2D eigenvalue weighted by atomic mass is 10.0. The molecule has 1 aliphatic rings. The molecule has 0 saturated heterocycles. The number of halogens is 2. The normalized spacial score (nSPS) is 16.2. The van der Waals surface area contributed by atoms with Gasteiger partial charge in [0.2, 0.25) is 0 Å². The smallest absolute Gasteiger partial charge is 0.124 e. The Morgan fingerprint density at radius 3 is 2.84 bits per heavy atom.